The van der Waals surface area contributed by atoms with Gasteiger partial charge in [0.25, 0.3) is 0 Å². The smallest absolute Gasteiger partial charge is 0.134 e. The van der Waals surface area contributed by atoms with Gasteiger partial charge in [-0.25, -0.2) is 4.39 Å². The first-order valence-electron chi connectivity index (χ1n) is 5.65. The van der Waals surface area contributed by atoms with E-state index < -0.39 is 6.17 Å². The number of alkyl halides is 1. The zero-order valence-electron chi connectivity index (χ0n) is 9.77. The van der Waals surface area contributed by atoms with E-state index in [-0.39, 0.29) is 0 Å². The summed E-state index contributed by atoms with van der Waals surface area (Å²) in [6.45, 7) is 2.05. The average molecular weight is 246 g/mol. The third-order valence-electron chi connectivity index (χ3n) is 2.64. The van der Waals surface area contributed by atoms with Crippen LogP contribution in [0.15, 0.2) is 59.5 Å². The van der Waals surface area contributed by atoms with Crippen LogP contribution in [-0.2, 0) is 0 Å². The Morgan fingerprint density at radius 2 is 1.65 bits per heavy atom. The minimum Gasteiger partial charge on any atom is -0.241 e. The van der Waals surface area contributed by atoms with E-state index in [1.807, 2.05) is 48.5 Å². The molecule has 0 nitrogen and oxygen atoms in total. The Bertz CT molecular complexity index is 467. The van der Waals surface area contributed by atoms with Crippen molar-refractivity contribution >= 4 is 11.8 Å². The van der Waals surface area contributed by atoms with Crippen molar-refractivity contribution in [2.75, 3.05) is 5.75 Å². The first kappa shape index (κ1) is 12.2. The van der Waals surface area contributed by atoms with Crippen LogP contribution in [-0.4, -0.2) is 5.75 Å². The molecule has 0 aliphatic carbocycles. The first-order chi connectivity index (χ1) is 8.27. The highest BCUT2D eigenvalue weighted by Gasteiger charge is 2.10. The minimum absolute atomic E-state index is 0.467. The standard InChI is InChI=1S/C15H15FS/c1-12-7-5-6-10-15(12)17-11-14(16)13-8-3-2-4-9-13/h2-10,14H,11H2,1H3. The molecule has 2 aromatic carbocycles. The van der Waals surface area contributed by atoms with Crippen molar-refractivity contribution in [1.29, 1.82) is 0 Å². The van der Waals surface area contributed by atoms with Gasteiger partial charge in [0.15, 0.2) is 0 Å². The maximum atomic E-state index is 13.9. The van der Waals surface area contributed by atoms with E-state index in [0.717, 1.165) is 10.5 Å². The van der Waals surface area contributed by atoms with Gasteiger partial charge in [-0.3, -0.25) is 0 Å². The SMILES string of the molecule is Cc1ccccc1SCC(F)c1ccccc1. The molecule has 17 heavy (non-hydrogen) atoms. The summed E-state index contributed by atoms with van der Waals surface area (Å²) in [5.74, 6) is 0.467. The number of hydrogen-bond acceptors (Lipinski definition) is 1. The Balaban J connectivity index is 1.97. The van der Waals surface area contributed by atoms with E-state index in [4.69, 9.17) is 0 Å². The molecule has 2 aromatic rings. The number of halogens is 1. The monoisotopic (exact) mass is 246 g/mol. The highest BCUT2D eigenvalue weighted by molar-refractivity contribution is 7.99. The van der Waals surface area contributed by atoms with E-state index >= 15 is 0 Å². The highest BCUT2D eigenvalue weighted by Crippen LogP contribution is 2.28. The van der Waals surface area contributed by atoms with Crippen LogP contribution in [0.4, 0.5) is 4.39 Å². The molecule has 0 bridgehead atoms. The molecule has 0 saturated carbocycles. The maximum Gasteiger partial charge on any atom is 0.134 e. The molecule has 0 heterocycles. The molecule has 0 radical (unpaired) electrons. The van der Waals surface area contributed by atoms with Crippen molar-refractivity contribution in [3.8, 4) is 0 Å². The molecule has 0 aliphatic rings. The second-order valence-corrected chi connectivity index (χ2v) is 5.02. The third kappa shape index (κ3) is 3.34. The second kappa shape index (κ2) is 5.87. The van der Waals surface area contributed by atoms with Gasteiger partial charge in [0, 0.05) is 10.6 Å². The van der Waals surface area contributed by atoms with Crippen LogP contribution in [0, 0.1) is 6.92 Å². The summed E-state index contributed by atoms with van der Waals surface area (Å²) >= 11 is 1.57. The second-order valence-electron chi connectivity index (χ2n) is 3.95. The van der Waals surface area contributed by atoms with Crippen LogP contribution in [0.1, 0.15) is 17.3 Å². The van der Waals surface area contributed by atoms with Gasteiger partial charge < -0.3 is 0 Å². The molecule has 0 fully saturated rings. The molecule has 0 saturated heterocycles. The van der Waals surface area contributed by atoms with Crippen molar-refractivity contribution in [1.82, 2.24) is 0 Å². The lowest BCUT2D eigenvalue weighted by atomic mass is 10.1. The van der Waals surface area contributed by atoms with Gasteiger partial charge in [-0.1, -0.05) is 48.5 Å². The average Bonchev–Trinajstić information content (AvgIpc) is 2.38. The molecular formula is C15H15FS. The summed E-state index contributed by atoms with van der Waals surface area (Å²) in [4.78, 5) is 1.16. The molecule has 2 rings (SSSR count). The fourth-order valence-electron chi connectivity index (χ4n) is 1.64. The van der Waals surface area contributed by atoms with E-state index in [1.165, 1.54) is 5.56 Å². The fourth-order valence-corrected chi connectivity index (χ4v) is 2.63. The van der Waals surface area contributed by atoms with E-state index in [0.29, 0.717) is 5.75 Å². The van der Waals surface area contributed by atoms with Gasteiger partial charge in [-0.15, -0.1) is 11.8 Å². The number of hydrogen-bond donors (Lipinski definition) is 0. The summed E-state index contributed by atoms with van der Waals surface area (Å²) in [5.41, 5.74) is 1.96. The highest BCUT2D eigenvalue weighted by atomic mass is 32.2. The number of benzene rings is 2. The van der Waals surface area contributed by atoms with Crippen molar-refractivity contribution < 1.29 is 4.39 Å². The Morgan fingerprint density at radius 1 is 1.00 bits per heavy atom. The summed E-state index contributed by atoms with van der Waals surface area (Å²) in [5, 5.41) is 0. The Kier molecular flexibility index (Phi) is 4.21. The molecule has 0 amide bonds. The number of thioether (sulfide) groups is 1. The lowest BCUT2D eigenvalue weighted by molar-refractivity contribution is 0.380. The topological polar surface area (TPSA) is 0 Å². The first-order valence-corrected chi connectivity index (χ1v) is 6.63. The van der Waals surface area contributed by atoms with Gasteiger partial charge in [-0.05, 0) is 24.1 Å². The summed E-state index contributed by atoms with van der Waals surface area (Å²) in [6.07, 6.45) is -0.902. The molecule has 0 aromatic heterocycles. The molecule has 0 N–H and O–H groups in total. The van der Waals surface area contributed by atoms with Gasteiger partial charge in [0.2, 0.25) is 0 Å². The van der Waals surface area contributed by atoms with Gasteiger partial charge in [-0.2, -0.15) is 0 Å². The zero-order valence-corrected chi connectivity index (χ0v) is 10.6. The Hall–Kier alpha value is -1.28. The largest absolute Gasteiger partial charge is 0.241 e. The van der Waals surface area contributed by atoms with E-state index in [9.17, 15) is 4.39 Å². The fraction of sp³-hybridized carbons (Fsp3) is 0.200. The predicted octanol–water partition coefficient (Wildman–Crippen LogP) is 4.80. The molecule has 2 heteroatoms. The van der Waals surface area contributed by atoms with Gasteiger partial charge in [0.1, 0.15) is 6.17 Å². The maximum absolute atomic E-state index is 13.9. The van der Waals surface area contributed by atoms with Crippen LogP contribution in [0.3, 0.4) is 0 Å². The van der Waals surface area contributed by atoms with Crippen molar-refractivity contribution in [2.24, 2.45) is 0 Å². The van der Waals surface area contributed by atoms with E-state index in [1.54, 1.807) is 11.8 Å². The van der Waals surface area contributed by atoms with Gasteiger partial charge >= 0.3 is 0 Å². The lowest BCUT2D eigenvalue weighted by Gasteiger charge is -2.09. The van der Waals surface area contributed by atoms with Gasteiger partial charge in [0.05, 0.1) is 0 Å². The molecule has 88 valence electrons. The quantitative estimate of drug-likeness (QED) is 0.698. The summed E-state index contributed by atoms with van der Waals surface area (Å²) < 4.78 is 13.9. The molecule has 1 unspecified atom stereocenters. The van der Waals surface area contributed by atoms with Crippen molar-refractivity contribution in [3.63, 3.8) is 0 Å². The van der Waals surface area contributed by atoms with Crippen LogP contribution in [0.2, 0.25) is 0 Å². The Morgan fingerprint density at radius 3 is 2.35 bits per heavy atom. The van der Waals surface area contributed by atoms with Crippen LogP contribution >= 0.6 is 11.8 Å². The van der Waals surface area contributed by atoms with Crippen LogP contribution in [0.25, 0.3) is 0 Å². The molecule has 0 spiro atoms. The Labute approximate surface area is 106 Å². The number of aryl methyl sites for hydroxylation is 1. The summed E-state index contributed by atoms with van der Waals surface area (Å²) in [6, 6.07) is 17.4. The van der Waals surface area contributed by atoms with Crippen molar-refractivity contribution in [3.05, 3.63) is 65.7 Å². The minimum atomic E-state index is -0.902. The molecule has 0 aliphatic heterocycles. The van der Waals surface area contributed by atoms with Crippen molar-refractivity contribution in [2.45, 2.75) is 18.0 Å². The molecule has 1 atom stereocenters. The predicted molar refractivity (Wildman–Crippen MR) is 72.2 cm³/mol. The number of rotatable bonds is 4. The normalized spacial score (nSPS) is 12.4. The zero-order chi connectivity index (χ0) is 12.1. The van der Waals surface area contributed by atoms with Crippen LogP contribution < -0.4 is 0 Å². The third-order valence-corrected chi connectivity index (χ3v) is 3.87. The van der Waals surface area contributed by atoms with E-state index in [2.05, 4.69) is 13.0 Å². The summed E-state index contributed by atoms with van der Waals surface area (Å²) in [7, 11) is 0. The van der Waals surface area contributed by atoms with Crippen LogP contribution in [0.5, 0.6) is 0 Å². The lowest BCUT2D eigenvalue weighted by Crippen LogP contribution is -1.95. The molecular weight excluding hydrogens is 231 g/mol.